The maximum Gasteiger partial charge on any atom is 0.191 e. The minimum absolute atomic E-state index is 0.0935. The minimum atomic E-state index is 0.0935. The fourth-order valence-corrected chi connectivity index (χ4v) is 2.67. The van der Waals surface area contributed by atoms with Gasteiger partial charge in [-0.25, -0.2) is 0 Å². The van der Waals surface area contributed by atoms with Crippen LogP contribution in [0.2, 0.25) is 0 Å². The highest BCUT2D eigenvalue weighted by atomic mass is 32.2. The lowest BCUT2D eigenvalue weighted by Crippen LogP contribution is -2.43. The van der Waals surface area contributed by atoms with Crippen molar-refractivity contribution < 1.29 is 4.74 Å². The zero-order chi connectivity index (χ0) is 12.9. The van der Waals surface area contributed by atoms with E-state index >= 15 is 0 Å². The summed E-state index contributed by atoms with van der Waals surface area (Å²) in [5.41, 5.74) is 6.10. The van der Waals surface area contributed by atoms with Crippen LogP contribution in [0.1, 0.15) is 20.8 Å². The van der Waals surface area contributed by atoms with Crippen LogP contribution in [0.5, 0.6) is 0 Å². The Morgan fingerprint density at radius 2 is 2.00 bits per heavy atom. The SMILES string of the molecule is COC(CN=C(N)N1CCSCC1)C(C)(C)C. The van der Waals surface area contributed by atoms with E-state index in [1.54, 1.807) is 7.11 Å². The smallest absolute Gasteiger partial charge is 0.191 e. The molecule has 0 radical (unpaired) electrons. The Kier molecular flexibility index (Phi) is 5.59. The highest BCUT2D eigenvalue weighted by Gasteiger charge is 2.24. The van der Waals surface area contributed by atoms with Gasteiger partial charge in [0.05, 0.1) is 12.6 Å². The molecule has 0 amide bonds. The lowest BCUT2D eigenvalue weighted by atomic mass is 9.89. The van der Waals surface area contributed by atoms with Crippen LogP contribution < -0.4 is 5.73 Å². The molecule has 0 aromatic heterocycles. The second-order valence-corrected chi connectivity index (χ2v) is 6.61. The highest BCUT2D eigenvalue weighted by molar-refractivity contribution is 7.99. The van der Waals surface area contributed by atoms with Crippen LogP contribution in [-0.2, 0) is 4.74 Å². The standard InChI is InChI=1S/C12H25N3OS/c1-12(2,3)10(16-4)9-14-11(13)15-5-7-17-8-6-15/h10H,5-9H2,1-4H3,(H2,13,14). The third-order valence-electron chi connectivity index (χ3n) is 3.00. The van der Waals surface area contributed by atoms with Crippen molar-refractivity contribution >= 4 is 17.7 Å². The van der Waals surface area contributed by atoms with Crippen LogP contribution in [0, 0.1) is 5.41 Å². The number of hydrogen-bond donors (Lipinski definition) is 1. The van der Waals surface area contributed by atoms with E-state index in [9.17, 15) is 0 Å². The molecule has 1 aliphatic heterocycles. The summed E-state index contributed by atoms with van der Waals surface area (Å²) in [5, 5.41) is 0. The number of aliphatic imine (C=N–C) groups is 1. The van der Waals surface area contributed by atoms with Crippen LogP contribution in [-0.4, -0.2) is 55.2 Å². The number of methoxy groups -OCH3 is 1. The average molecular weight is 259 g/mol. The quantitative estimate of drug-likeness (QED) is 0.615. The third kappa shape index (κ3) is 4.76. The number of hydrogen-bond acceptors (Lipinski definition) is 3. The molecule has 1 heterocycles. The molecule has 1 rings (SSSR count). The number of nitrogens with zero attached hydrogens (tertiary/aromatic N) is 2. The number of rotatable bonds is 3. The van der Waals surface area contributed by atoms with Gasteiger partial charge in [0.1, 0.15) is 0 Å². The second kappa shape index (κ2) is 6.50. The molecule has 4 nitrogen and oxygen atoms in total. The number of thioether (sulfide) groups is 1. The third-order valence-corrected chi connectivity index (χ3v) is 3.95. The summed E-state index contributed by atoms with van der Waals surface area (Å²) in [6, 6.07) is 0. The molecule has 0 aliphatic carbocycles. The summed E-state index contributed by atoms with van der Waals surface area (Å²) in [6.45, 7) is 9.12. The van der Waals surface area contributed by atoms with Gasteiger partial charge in [0, 0.05) is 31.7 Å². The molecule has 17 heavy (non-hydrogen) atoms. The van der Waals surface area contributed by atoms with Gasteiger partial charge in [-0.1, -0.05) is 20.8 Å². The first-order chi connectivity index (χ1) is 7.95. The molecule has 5 heteroatoms. The van der Waals surface area contributed by atoms with Gasteiger partial charge in [-0.05, 0) is 5.41 Å². The van der Waals surface area contributed by atoms with Crippen molar-refractivity contribution in [1.82, 2.24) is 4.90 Å². The van der Waals surface area contributed by atoms with Gasteiger partial charge in [-0.3, -0.25) is 4.99 Å². The van der Waals surface area contributed by atoms with Crippen LogP contribution in [0.25, 0.3) is 0 Å². The topological polar surface area (TPSA) is 50.9 Å². The maximum absolute atomic E-state index is 6.01. The molecular formula is C12H25N3OS. The Hall–Kier alpha value is -0.420. The molecule has 100 valence electrons. The Morgan fingerprint density at radius 3 is 2.47 bits per heavy atom. The summed E-state index contributed by atoms with van der Waals surface area (Å²) >= 11 is 1.97. The maximum atomic E-state index is 6.01. The molecule has 1 unspecified atom stereocenters. The Balaban J connectivity index is 2.50. The van der Waals surface area contributed by atoms with Crippen molar-refractivity contribution in [3.8, 4) is 0 Å². The van der Waals surface area contributed by atoms with Gasteiger partial charge in [0.2, 0.25) is 0 Å². The van der Waals surface area contributed by atoms with Crippen LogP contribution in [0.4, 0.5) is 0 Å². The van der Waals surface area contributed by atoms with Crippen molar-refractivity contribution in [1.29, 1.82) is 0 Å². The molecule has 2 N–H and O–H groups in total. The fourth-order valence-electron chi connectivity index (χ4n) is 1.77. The van der Waals surface area contributed by atoms with Crippen LogP contribution >= 0.6 is 11.8 Å². The molecular weight excluding hydrogens is 234 g/mol. The molecule has 0 spiro atoms. The van der Waals surface area contributed by atoms with Crippen LogP contribution in [0.3, 0.4) is 0 Å². The lowest BCUT2D eigenvalue weighted by Gasteiger charge is -2.30. The predicted octanol–water partition coefficient (Wildman–Crippen LogP) is 1.41. The van der Waals surface area contributed by atoms with Gasteiger partial charge in [-0.15, -0.1) is 0 Å². The van der Waals surface area contributed by atoms with Crippen molar-refractivity contribution in [2.75, 3.05) is 38.2 Å². The Bertz CT molecular complexity index is 257. The molecule has 0 bridgehead atoms. The zero-order valence-electron chi connectivity index (χ0n) is 11.4. The van der Waals surface area contributed by atoms with E-state index in [4.69, 9.17) is 10.5 Å². The molecule has 1 atom stereocenters. The van der Waals surface area contributed by atoms with E-state index in [1.165, 1.54) is 0 Å². The average Bonchev–Trinajstić information content (AvgIpc) is 2.29. The molecule has 1 saturated heterocycles. The molecule has 0 saturated carbocycles. The normalized spacial score (nSPS) is 20.5. The largest absolute Gasteiger partial charge is 0.379 e. The summed E-state index contributed by atoms with van der Waals surface area (Å²) in [6.07, 6.45) is 0.111. The van der Waals surface area contributed by atoms with Crippen LogP contribution in [0.15, 0.2) is 4.99 Å². The molecule has 0 aromatic carbocycles. The summed E-state index contributed by atoms with van der Waals surface area (Å²) < 4.78 is 5.47. The number of guanidine groups is 1. The zero-order valence-corrected chi connectivity index (χ0v) is 12.2. The van der Waals surface area contributed by atoms with Gasteiger partial charge >= 0.3 is 0 Å². The summed E-state index contributed by atoms with van der Waals surface area (Å²) in [5.74, 6) is 2.95. The Labute approximate surface area is 109 Å². The van der Waals surface area contributed by atoms with Crippen molar-refractivity contribution in [3.63, 3.8) is 0 Å². The van der Waals surface area contributed by atoms with E-state index in [0.717, 1.165) is 24.6 Å². The Morgan fingerprint density at radius 1 is 1.41 bits per heavy atom. The summed E-state index contributed by atoms with van der Waals surface area (Å²) in [7, 11) is 1.74. The monoisotopic (exact) mass is 259 g/mol. The van der Waals surface area contributed by atoms with Gasteiger partial charge < -0.3 is 15.4 Å². The van der Waals surface area contributed by atoms with Crippen molar-refractivity contribution in [3.05, 3.63) is 0 Å². The van der Waals surface area contributed by atoms with Crippen molar-refractivity contribution in [2.24, 2.45) is 16.1 Å². The van der Waals surface area contributed by atoms with E-state index in [0.29, 0.717) is 12.5 Å². The first-order valence-electron chi connectivity index (χ1n) is 6.10. The van der Waals surface area contributed by atoms with Gasteiger partial charge in [-0.2, -0.15) is 11.8 Å². The minimum Gasteiger partial charge on any atom is -0.379 e. The van der Waals surface area contributed by atoms with E-state index in [-0.39, 0.29) is 11.5 Å². The number of ether oxygens (including phenoxy) is 1. The first-order valence-corrected chi connectivity index (χ1v) is 7.26. The van der Waals surface area contributed by atoms with E-state index in [2.05, 4.69) is 30.7 Å². The first kappa shape index (κ1) is 14.6. The van der Waals surface area contributed by atoms with Crippen molar-refractivity contribution in [2.45, 2.75) is 26.9 Å². The van der Waals surface area contributed by atoms with Gasteiger partial charge in [0.25, 0.3) is 0 Å². The van der Waals surface area contributed by atoms with E-state index < -0.39 is 0 Å². The summed E-state index contributed by atoms with van der Waals surface area (Å²) in [4.78, 5) is 6.63. The molecule has 1 fully saturated rings. The molecule has 1 aliphatic rings. The fraction of sp³-hybridized carbons (Fsp3) is 0.917. The second-order valence-electron chi connectivity index (χ2n) is 5.39. The van der Waals surface area contributed by atoms with Gasteiger partial charge in [0.15, 0.2) is 5.96 Å². The van der Waals surface area contributed by atoms with E-state index in [1.807, 2.05) is 11.8 Å². The molecule has 0 aromatic rings. The highest BCUT2D eigenvalue weighted by Crippen LogP contribution is 2.22. The predicted molar refractivity (Wildman–Crippen MR) is 75.6 cm³/mol. The lowest BCUT2D eigenvalue weighted by molar-refractivity contribution is 0.0240. The number of nitrogens with two attached hydrogens (primary N) is 1.